The smallest absolute Gasteiger partial charge is 0.217 e. The molecule has 5 nitrogen and oxygen atoms in total. The van der Waals surface area contributed by atoms with Gasteiger partial charge in [0.25, 0.3) is 0 Å². The average molecular weight is 371 g/mol. The number of hydrogen-bond acceptors (Lipinski definition) is 4. The minimum Gasteiger partial charge on any atom is -0.497 e. The second kappa shape index (κ2) is 9.95. The van der Waals surface area contributed by atoms with Crippen LogP contribution >= 0.6 is 0 Å². The Morgan fingerprint density at radius 1 is 1.22 bits per heavy atom. The van der Waals surface area contributed by atoms with Crippen molar-refractivity contribution in [3.63, 3.8) is 0 Å². The summed E-state index contributed by atoms with van der Waals surface area (Å²) in [5.74, 6) is 1.43. The number of benzene rings is 1. The van der Waals surface area contributed by atoms with Crippen LogP contribution in [0.1, 0.15) is 50.5 Å². The molecular formula is C22H29NO4. The maximum absolute atomic E-state index is 12.4. The Hall–Kier alpha value is -2.56. The van der Waals surface area contributed by atoms with Crippen molar-refractivity contribution in [3.8, 4) is 11.5 Å². The van der Waals surface area contributed by atoms with Crippen LogP contribution in [0.2, 0.25) is 0 Å². The lowest BCUT2D eigenvalue weighted by Crippen LogP contribution is -2.14. The number of ketones is 1. The molecule has 0 saturated carbocycles. The normalized spacial score (nSPS) is 18.6. The van der Waals surface area contributed by atoms with Gasteiger partial charge in [0.1, 0.15) is 11.5 Å². The largest absolute Gasteiger partial charge is 0.497 e. The van der Waals surface area contributed by atoms with Gasteiger partial charge in [-0.2, -0.15) is 0 Å². The number of ether oxygens (including phenoxy) is 2. The average Bonchev–Trinajstić information content (AvgIpc) is 2.65. The maximum Gasteiger partial charge on any atom is 0.217 e. The fourth-order valence-electron chi connectivity index (χ4n) is 3.51. The molecule has 27 heavy (non-hydrogen) atoms. The van der Waals surface area contributed by atoms with Gasteiger partial charge in [-0.15, -0.1) is 0 Å². The molecule has 2 rings (SSSR count). The van der Waals surface area contributed by atoms with Gasteiger partial charge in [0.05, 0.1) is 14.2 Å². The molecule has 0 radical (unpaired) electrons. The first kappa shape index (κ1) is 20.7. The summed E-state index contributed by atoms with van der Waals surface area (Å²) < 4.78 is 10.8. The molecule has 0 saturated heterocycles. The zero-order chi connectivity index (χ0) is 19.8. The van der Waals surface area contributed by atoms with Gasteiger partial charge in [0.2, 0.25) is 5.91 Å². The van der Waals surface area contributed by atoms with Crippen LogP contribution in [0, 0.1) is 5.92 Å². The number of amides is 1. The van der Waals surface area contributed by atoms with Crippen LogP contribution in [0.4, 0.5) is 0 Å². The lowest BCUT2D eigenvalue weighted by atomic mass is 9.84. The third-order valence-corrected chi connectivity index (χ3v) is 5.09. The van der Waals surface area contributed by atoms with E-state index in [1.165, 1.54) is 0 Å². The van der Waals surface area contributed by atoms with Crippen molar-refractivity contribution in [1.82, 2.24) is 0 Å². The summed E-state index contributed by atoms with van der Waals surface area (Å²) in [6, 6.07) is 5.62. The van der Waals surface area contributed by atoms with Gasteiger partial charge in [-0.05, 0) is 61.8 Å². The number of methoxy groups -OCH3 is 2. The van der Waals surface area contributed by atoms with Crippen LogP contribution in [-0.4, -0.2) is 25.9 Å². The van der Waals surface area contributed by atoms with E-state index in [-0.39, 0.29) is 17.6 Å². The molecule has 0 aromatic heterocycles. The Balaban J connectivity index is 2.31. The van der Waals surface area contributed by atoms with Crippen molar-refractivity contribution >= 4 is 17.3 Å². The van der Waals surface area contributed by atoms with Gasteiger partial charge in [-0.3, -0.25) is 9.59 Å². The molecule has 2 N–H and O–H groups in total. The van der Waals surface area contributed by atoms with Gasteiger partial charge < -0.3 is 15.2 Å². The second-order valence-corrected chi connectivity index (χ2v) is 6.95. The summed E-state index contributed by atoms with van der Waals surface area (Å²) in [6.45, 7) is 4.20. The van der Waals surface area contributed by atoms with E-state index in [2.05, 4.69) is 6.58 Å². The highest BCUT2D eigenvalue weighted by atomic mass is 16.5. The van der Waals surface area contributed by atoms with Crippen molar-refractivity contribution in [3.05, 3.63) is 42.0 Å². The van der Waals surface area contributed by atoms with Crippen molar-refractivity contribution in [1.29, 1.82) is 0 Å². The molecule has 1 amide bonds. The Bertz CT molecular complexity index is 736. The summed E-state index contributed by atoms with van der Waals surface area (Å²) >= 11 is 0. The maximum atomic E-state index is 12.4. The molecule has 1 atom stereocenters. The Labute approximate surface area is 161 Å². The molecule has 1 aliphatic rings. The number of carbonyl (C=O) groups is 2. The lowest BCUT2D eigenvalue weighted by molar-refractivity contribution is -0.118. The van der Waals surface area contributed by atoms with Crippen molar-refractivity contribution in [2.75, 3.05) is 14.2 Å². The van der Waals surface area contributed by atoms with Gasteiger partial charge in [0.15, 0.2) is 5.78 Å². The van der Waals surface area contributed by atoms with Crippen LogP contribution in [0.25, 0.3) is 5.57 Å². The number of rotatable bonds is 6. The zero-order valence-corrected chi connectivity index (χ0v) is 16.3. The summed E-state index contributed by atoms with van der Waals surface area (Å²) in [4.78, 5) is 23.6. The fourth-order valence-corrected chi connectivity index (χ4v) is 3.51. The van der Waals surface area contributed by atoms with Gasteiger partial charge in [-0.25, -0.2) is 0 Å². The molecule has 0 aliphatic heterocycles. The van der Waals surface area contributed by atoms with Crippen LogP contribution in [-0.2, 0) is 9.59 Å². The molecule has 1 aromatic carbocycles. The quantitative estimate of drug-likeness (QED) is 0.765. The lowest BCUT2D eigenvalue weighted by Gasteiger charge is -2.22. The predicted molar refractivity (Wildman–Crippen MR) is 107 cm³/mol. The highest BCUT2D eigenvalue weighted by Crippen LogP contribution is 2.36. The molecule has 1 unspecified atom stereocenters. The van der Waals surface area contributed by atoms with E-state index in [4.69, 9.17) is 15.2 Å². The van der Waals surface area contributed by atoms with Crippen molar-refractivity contribution in [2.24, 2.45) is 11.7 Å². The molecule has 0 spiro atoms. The second-order valence-electron chi connectivity index (χ2n) is 6.95. The van der Waals surface area contributed by atoms with E-state index >= 15 is 0 Å². The summed E-state index contributed by atoms with van der Waals surface area (Å²) in [6.07, 6.45) is 6.39. The van der Waals surface area contributed by atoms with E-state index in [0.29, 0.717) is 37.2 Å². The Morgan fingerprint density at radius 2 is 2.00 bits per heavy atom. The zero-order valence-electron chi connectivity index (χ0n) is 16.3. The third-order valence-electron chi connectivity index (χ3n) is 5.09. The highest BCUT2D eigenvalue weighted by Gasteiger charge is 2.19. The standard InChI is InChI=1S/C22H29NO4/c1-15-5-4-6-18(24)13-17(8-7-16(15)9-12-22(23)25)20-11-10-19(26-2)14-21(20)27-3/h10-11,13-14,16H,1,4-9,12H2,2-3H3,(H2,23,25). The van der Waals surface area contributed by atoms with Crippen LogP contribution in [0.3, 0.4) is 0 Å². The first-order chi connectivity index (χ1) is 12.9. The van der Waals surface area contributed by atoms with Gasteiger partial charge >= 0.3 is 0 Å². The molecule has 1 aromatic rings. The van der Waals surface area contributed by atoms with Gasteiger partial charge in [0, 0.05) is 24.5 Å². The third kappa shape index (κ3) is 5.98. The monoisotopic (exact) mass is 371 g/mol. The van der Waals surface area contributed by atoms with E-state index in [0.717, 1.165) is 36.0 Å². The topological polar surface area (TPSA) is 78.6 Å². The SMILES string of the molecule is C=C1CCCC(=O)C=C(c2ccc(OC)cc2OC)CCC1CCC(N)=O. The molecule has 0 bridgehead atoms. The van der Waals surface area contributed by atoms with Crippen molar-refractivity contribution in [2.45, 2.75) is 44.9 Å². The van der Waals surface area contributed by atoms with E-state index < -0.39 is 0 Å². The fraction of sp³-hybridized carbons (Fsp3) is 0.455. The number of hydrogen-bond donors (Lipinski definition) is 1. The molecule has 0 fully saturated rings. The highest BCUT2D eigenvalue weighted by molar-refractivity contribution is 5.97. The van der Waals surface area contributed by atoms with Crippen LogP contribution in [0.5, 0.6) is 11.5 Å². The molecular weight excluding hydrogens is 342 g/mol. The molecule has 1 aliphatic carbocycles. The predicted octanol–water partition coefficient (Wildman–Crippen LogP) is 4.06. The molecule has 146 valence electrons. The van der Waals surface area contributed by atoms with E-state index in [9.17, 15) is 9.59 Å². The van der Waals surface area contributed by atoms with Crippen LogP contribution < -0.4 is 15.2 Å². The number of primary amides is 1. The minimum absolute atomic E-state index is 0.117. The van der Waals surface area contributed by atoms with E-state index in [1.807, 2.05) is 18.2 Å². The van der Waals surface area contributed by atoms with E-state index in [1.54, 1.807) is 20.3 Å². The van der Waals surface area contributed by atoms with Gasteiger partial charge in [-0.1, -0.05) is 12.2 Å². The summed E-state index contributed by atoms with van der Waals surface area (Å²) in [5, 5.41) is 0. The minimum atomic E-state index is -0.289. The number of allylic oxidation sites excluding steroid dienone is 3. The first-order valence-electron chi connectivity index (χ1n) is 9.36. The Kier molecular flexibility index (Phi) is 7.65. The summed E-state index contributed by atoms with van der Waals surface area (Å²) in [7, 11) is 3.22. The summed E-state index contributed by atoms with van der Waals surface area (Å²) in [5.41, 5.74) is 8.27. The molecule has 0 heterocycles. The van der Waals surface area contributed by atoms with Crippen LogP contribution in [0.15, 0.2) is 36.4 Å². The number of nitrogens with two attached hydrogens (primary N) is 1. The number of carbonyl (C=O) groups excluding carboxylic acids is 2. The Morgan fingerprint density at radius 3 is 2.67 bits per heavy atom. The molecule has 5 heteroatoms. The first-order valence-corrected chi connectivity index (χ1v) is 9.36. The van der Waals surface area contributed by atoms with Crippen molar-refractivity contribution < 1.29 is 19.1 Å².